The summed E-state index contributed by atoms with van der Waals surface area (Å²) in [6, 6.07) is 9.04. The Balaban J connectivity index is 2.34. The summed E-state index contributed by atoms with van der Waals surface area (Å²) in [5, 5.41) is 0. The second-order valence-electron chi connectivity index (χ2n) is 3.85. The first-order chi connectivity index (χ1) is 8.79. The Morgan fingerprint density at radius 3 is 2.72 bits per heavy atom. The lowest BCUT2D eigenvalue weighted by molar-refractivity contribution is 0.415. The second kappa shape index (κ2) is 4.03. The van der Waals surface area contributed by atoms with Gasteiger partial charge in [0.25, 0.3) is 0 Å². The predicted molar refractivity (Wildman–Crippen MR) is 68.2 cm³/mol. The van der Waals surface area contributed by atoms with Gasteiger partial charge < -0.3 is 9.72 Å². The van der Waals surface area contributed by atoms with Crippen LogP contribution in [0.3, 0.4) is 0 Å². The van der Waals surface area contributed by atoms with Gasteiger partial charge in [0.1, 0.15) is 5.75 Å². The van der Waals surface area contributed by atoms with Crippen LogP contribution in [0.15, 0.2) is 47.5 Å². The lowest BCUT2D eigenvalue weighted by Crippen LogP contribution is -2.14. The van der Waals surface area contributed by atoms with E-state index in [4.69, 9.17) is 4.74 Å². The number of methoxy groups -OCH3 is 1. The summed E-state index contributed by atoms with van der Waals surface area (Å²) in [6.45, 7) is 0. The van der Waals surface area contributed by atoms with E-state index in [1.807, 2.05) is 18.2 Å². The van der Waals surface area contributed by atoms with E-state index in [0.29, 0.717) is 5.75 Å². The van der Waals surface area contributed by atoms with Crippen molar-refractivity contribution in [2.75, 3.05) is 7.11 Å². The molecule has 1 aromatic carbocycles. The van der Waals surface area contributed by atoms with Crippen molar-refractivity contribution >= 4 is 11.0 Å². The average Bonchev–Trinajstić information content (AvgIpc) is 2.74. The lowest BCUT2D eigenvalue weighted by Gasteiger charge is -2.04. The van der Waals surface area contributed by atoms with Crippen LogP contribution in [0, 0.1) is 0 Å². The third kappa shape index (κ3) is 1.57. The highest BCUT2D eigenvalue weighted by Gasteiger charge is 2.09. The summed E-state index contributed by atoms with van der Waals surface area (Å²) in [6.07, 6.45) is 3.31. The number of rotatable bonds is 2. The zero-order valence-electron chi connectivity index (χ0n) is 9.75. The maximum atomic E-state index is 12.0. The zero-order chi connectivity index (χ0) is 12.5. The number of aromatic amines is 1. The van der Waals surface area contributed by atoms with Crippen molar-refractivity contribution in [1.29, 1.82) is 0 Å². The quantitative estimate of drug-likeness (QED) is 0.743. The fourth-order valence-electron chi connectivity index (χ4n) is 1.96. The third-order valence-corrected chi connectivity index (χ3v) is 2.81. The molecule has 3 rings (SSSR count). The van der Waals surface area contributed by atoms with Crippen LogP contribution in [0.5, 0.6) is 5.75 Å². The number of benzene rings is 1. The van der Waals surface area contributed by atoms with Crippen LogP contribution in [0.4, 0.5) is 0 Å². The molecule has 0 saturated carbocycles. The molecule has 18 heavy (non-hydrogen) atoms. The summed E-state index contributed by atoms with van der Waals surface area (Å²) in [5.41, 5.74) is 2.15. The van der Waals surface area contributed by atoms with E-state index in [9.17, 15) is 4.79 Å². The number of fused-ring (bicyclic) bond motifs is 1. The lowest BCUT2D eigenvalue weighted by atomic mass is 10.3. The minimum absolute atomic E-state index is 0.176. The molecule has 0 bridgehead atoms. The molecular weight excluding hydrogens is 230 g/mol. The SMILES string of the molecule is COc1ccc2[nH]c(=O)n(-c3ccncc3)c2c1. The first-order valence-electron chi connectivity index (χ1n) is 5.49. The van der Waals surface area contributed by atoms with Crippen molar-refractivity contribution in [2.24, 2.45) is 0 Å². The Morgan fingerprint density at radius 2 is 2.00 bits per heavy atom. The number of pyridine rings is 1. The van der Waals surface area contributed by atoms with Crippen molar-refractivity contribution in [3.05, 3.63) is 53.2 Å². The van der Waals surface area contributed by atoms with Gasteiger partial charge in [-0.3, -0.25) is 9.55 Å². The Labute approximate surface area is 103 Å². The van der Waals surface area contributed by atoms with Crippen LogP contribution in [0.1, 0.15) is 0 Å². The van der Waals surface area contributed by atoms with Gasteiger partial charge in [-0.15, -0.1) is 0 Å². The highest BCUT2D eigenvalue weighted by Crippen LogP contribution is 2.20. The second-order valence-corrected chi connectivity index (χ2v) is 3.85. The van der Waals surface area contributed by atoms with Gasteiger partial charge in [-0.25, -0.2) is 4.79 Å². The Kier molecular flexibility index (Phi) is 2.37. The fraction of sp³-hybridized carbons (Fsp3) is 0.0769. The standard InChI is InChI=1S/C13H11N3O2/c1-18-10-2-3-11-12(8-10)16(13(17)15-11)9-4-6-14-7-5-9/h2-8H,1H3,(H,15,17). The zero-order valence-corrected chi connectivity index (χ0v) is 9.75. The molecule has 3 aromatic rings. The van der Waals surface area contributed by atoms with Crippen LogP contribution < -0.4 is 10.4 Å². The molecule has 0 fully saturated rings. The van der Waals surface area contributed by atoms with Crippen LogP contribution in [-0.4, -0.2) is 21.6 Å². The molecular formula is C13H11N3O2. The molecule has 0 aliphatic rings. The van der Waals surface area contributed by atoms with E-state index in [1.54, 1.807) is 36.2 Å². The van der Waals surface area contributed by atoms with Gasteiger partial charge in [0.05, 0.1) is 23.8 Å². The number of nitrogens with one attached hydrogen (secondary N) is 1. The van der Waals surface area contributed by atoms with Crippen LogP contribution in [0.2, 0.25) is 0 Å². The van der Waals surface area contributed by atoms with E-state index in [2.05, 4.69) is 9.97 Å². The molecule has 90 valence electrons. The van der Waals surface area contributed by atoms with Crippen molar-refractivity contribution < 1.29 is 4.74 Å². The number of hydrogen-bond donors (Lipinski definition) is 1. The van der Waals surface area contributed by atoms with Crippen molar-refractivity contribution in [2.45, 2.75) is 0 Å². The maximum absolute atomic E-state index is 12.0. The number of ether oxygens (including phenoxy) is 1. The molecule has 0 atom stereocenters. The number of H-pyrrole nitrogens is 1. The van der Waals surface area contributed by atoms with E-state index in [0.717, 1.165) is 16.7 Å². The first-order valence-corrected chi connectivity index (χ1v) is 5.49. The first kappa shape index (κ1) is 10.6. The fourth-order valence-corrected chi connectivity index (χ4v) is 1.96. The molecule has 5 nitrogen and oxygen atoms in total. The van der Waals surface area contributed by atoms with Gasteiger partial charge in [0, 0.05) is 18.5 Å². The van der Waals surface area contributed by atoms with Crippen molar-refractivity contribution in [1.82, 2.24) is 14.5 Å². The number of aromatic nitrogens is 3. The molecule has 5 heteroatoms. The molecule has 2 heterocycles. The molecule has 0 unspecified atom stereocenters. The van der Waals surface area contributed by atoms with Gasteiger partial charge in [0.15, 0.2) is 0 Å². The predicted octanol–water partition coefficient (Wildman–Crippen LogP) is 1.72. The van der Waals surface area contributed by atoms with Gasteiger partial charge in [-0.05, 0) is 24.3 Å². The number of imidazole rings is 1. The van der Waals surface area contributed by atoms with E-state index < -0.39 is 0 Å². The third-order valence-electron chi connectivity index (χ3n) is 2.81. The number of hydrogen-bond acceptors (Lipinski definition) is 3. The van der Waals surface area contributed by atoms with Gasteiger partial charge >= 0.3 is 5.69 Å². The monoisotopic (exact) mass is 241 g/mol. The van der Waals surface area contributed by atoms with E-state index >= 15 is 0 Å². The normalized spacial score (nSPS) is 10.7. The van der Waals surface area contributed by atoms with Gasteiger partial charge in [0.2, 0.25) is 0 Å². The Morgan fingerprint density at radius 1 is 1.22 bits per heavy atom. The highest BCUT2D eigenvalue weighted by atomic mass is 16.5. The molecule has 0 spiro atoms. The van der Waals surface area contributed by atoms with Crippen LogP contribution >= 0.6 is 0 Å². The van der Waals surface area contributed by atoms with Gasteiger partial charge in [-0.2, -0.15) is 0 Å². The molecule has 0 amide bonds. The molecule has 0 aliphatic heterocycles. The summed E-state index contributed by atoms with van der Waals surface area (Å²) in [5.74, 6) is 0.712. The van der Waals surface area contributed by atoms with Crippen molar-refractivity contribution in [3.63, 3.8) is 0 Å². The molecule has 0 aliphatic carbocycles. The minimum Gasteiger partial charge on any atom is -0.497 e. The minimum atomic E-state index is -0.176. The molecule has 1 N–H and O–H groups in total. The molecule has 0 saturated heterocycles. The largest absolute Gasteiger partial charge is 0.497 e. The van der Waals surface area contributed by atoms with E-state index in [-0.39, 0.29) is 5.69 Å². The average molecular weight is 241 g/mol. The van der Waals surface area contributed by atoms with Crippen LogP contribution in [0.25, 0.3) is 16.7 Å². The Bertz CT molecular complexity index is 744. The number of nitrogens with zero attached hydrogens (tertiary/aromatic N) is 2. The molecule has 0 radical (unpaired) electrons. The maximum Gasteiger partial charge on any atom is 0.331 e. The van der Waals surface area contributed by atoms with Crippen LogP contribution in [-0.2, 0) is 0 Å². The van der Waals surface area contributed by atoms with Gasteiger partial charge in [-0.1, -0.05) is 0 Å². The van der Waals surface area contributed by atoms with Crippen molar-refractivity contribution in [3.8, 4) is 11.4 Å². The highest BCUT2D eigenvalue weighted by molar-refractivity contribution is 5.78. The van der Waals surface area contributed by atoms with E-state index in [1.165, 1.54) is 0 Å². The summed E-state index contributed by atoms with van der Waals surface area (Å²) >= 11 is 0. The summed E-state index contributed by atoms with van der Waals surface area (Å²) in [4.78, 5) is 18.7. The summed E-state index contributed by atoms with van der Waals surface area (Å²) < 4.78 is 6.78. The molecule has 2 aromatic heterocycles. The summed E-state index contributed by atoms with van der Waals surface area (Å²) in [7, 11) is 1.60. The topological polar surface area (TPSA) is 59.9 Å². The smallest absolute Gasteiger partial charge is 0.331 e. The Hall–Kier alpha value is -2.56.